The second kappa shape index (κ2) is 12.1. The van der Waals surface area contributed by atoms with Crippen LogP contribution in [0.4, 0.5) is 13.2 Å². The summed E-state index contributed by atoms with van der Waals surface area (Å²) in [5, 5.41) is 5.34. The second-order valence-corrected chi connectivity index (χ2v) is 10.5. The lowest BCUT2D eigenvalue weighted by molar-refractivity contribution is -0.137. The maximum absolute atomic E-state index is 12.9. The summed E-state index contributed by atoms with van der Waals surface area (Å²) in [5.74, 6) is -0.792. The van der Waals surface area contributed by atoms with Gasteiger partial charge in [0.1, 0.15) is 5.69 Å². The first-order valence-corrected chi connectivity index (χ1v) is 13.2. The van der Waals surface area contributed by atoms with Gasteiger partial charge in [0.15, 0.2) is 0 Å². The molecule has 2 N–H and O–H groups in total. The molecule has 210 valence electrons. The van der Waals surface area contributed by atoms with Crippen molar-refractivity contribution in [2.24, 2.45) is 0 Å². The quantitative estimate of drug-likeness (QED) is 0.556. The molecule has 0 bridgehead atoms. The van der Waals surface area contributed by atoms with Gasteiger partial charge in [0.25, 0.3) is 11.8 Å². The van der Waals surface area contributed by atoms with E-state index in [1.165, 1.54) is 17.0 Å². The van der Waals surface area contributed by atoms with Gasteiger partial charge in [0, 0.05) is 51.0 Å². The molecule has 8 nitrogen and oxygen atoms in total. The zero-order valence-corrected chi connectivity index (χ0v) is 22.1. The summed E-state index contributed by atoms with van der Waals surface area (Å²) < 4.78 is 38.6. The molecule has 1 aromatic heterocycles. The molecule has 1 aliphatic heterocycles. The van der Waals surface area contributed by atoms with Crippen LogP contribution in [0.5, 0.6) is 0 Å². The van der Waals surface area contributed by atoms with Crippen molar-refractivity contribution in [1.29, 1.82) is 0 Å². The smallest absolute Gasteiger partial charge is 0.350 e. The fourth-order valence-electron chi connectivity index (χ4n) is 5.39. The number of hydrogen-bond donors (Lipinski definition) is 2. The molecular weight excluding hydrogens is 511 g/mol. The number of nitrogens with one attached hydrogen (secondary N) is 2. The molecule has 1 saturated heterocycles. The Hall–Kier alpha value is -3.47. The number of pyridine rings is 1. The summed E-state index contributed by atoms with van der Waals surface area (Å²) in [5.41, 5.74) is 0.542. The van der Waals surface area contributed by atoms with Crippen LogP contribution in [0.15, 0.2) is 42.6 Å². The molecule has 39 heavy (non-hydrogen) atoms. The topological polar surface area (TPSA) is 94.6 Å². The lowest BCUT2D eigenvalue weighted by Gasteiger charge is -2.34. The summed E-state index contributed by atoms with van der Waals surface area (Å²) in [7, 11) is 3.41. The van der Waals surface area contributed by atoms with Crippen LogP contribution in [0.1, 0.15) is 70.0 Å². The van der Waals surface area contributed by atoms with Gasteiger partial charge in [-0.15, -0.1) is 0 Å². The van der Waals surface area contributed by atoms with Gasteiger partial charge >= 0.3 is 6.18 Å². The molecule has 11 heteroatoms. The number of alkyl halides is 3. The molecule has 2 heterocycles. The molecular formula is C28H34F3N5O3. The molecule has 2 fully saturated rings. The summed E-state index contributed by atoms with van der Waals surface area (Å²) in [6, 6.07) is 8.31. The first-order valence-electron chi connectivity index (χ1n) is 13.2. The van der Waals surface area contributed by atoms with Crippen LogP contribution in [-0.4, -0.2) is 78.3 Å². The van der Waals surface area contributed by atoms with Crippen LogP contribution in [0, 0.1) is 0 Å². The highest BCUT2D eigenvalue weighted by atomic mass is 19.4. The highest BCUT2D eigenvalue weighted by Gasteiger charge is 2.33. The normalized spacial score (nSPS) is 21.8. The number of amides is 3. The fourth-order valence-corrected chi connectivity index (χ4v) is 5.39. The predicted octanol–water partition coefficient (Wildman–Crippen LogP) is 3.45. The van der Waals surface area contributed by atoms with Gasteiger partial charge in [0.05, 0.1) is 12.1 Å². The van der Waals surface area contributed by atoms with Crippen molar-refractivity contribution in [2.75, 3.05) is 33.7 Å². The molecule has 0 unspecified atom stereocenters. The van der Waals surface area contributed by atoms with Crippen molar-refractivity contribution in [2.45, 2.75) is 56.3 Å². The zero-order chi connectivity index (χ0) is 28.2. The lowest BCUT2D eigenvalue weighted by atomic mass is 9.82. The van der Waals surface area contributed by atoms with Gasteiger partial charge in [-0.3, -0.25) is 24.3 Å². The number of halogens is 3. The van der Waals surface area contributed by atoms with E-state index in [-0.39, 0.29) is 30.0 Å². The van der Waals surface area contributed by atoms with Gasteiger partial charge in [-0.1, -0.05) is 12.1 Å². The van der Waals surface area contributed by atoms with Gasteiger partial charge in [-0.25, -0.2) is 0 Å². The average molecular weight is 546 g/mol. The number of carbonyl (C=O) groups excluding carboxylic acids is 3. The van der Waals surface area contributed by atoms with Crippen molar-refractivity contribution in [3.05, 3.63) is 65.0 Å². The Kier molecular flexibility index (Phi) is 8.89. The van der Waals surface area contributed by atoms with Crippen molar-refractivity contribution >= 4 is 17.7 Å². The van der Waals surface area contributed by atoms with Crippen molar-refractivity contribution in [1.82, 2.24) is 25.4 Å². The van der Waals surface area contributed by atoms with E-state index in [1.807, 2.05) is 12.3 Å². The van der Waals surface area contributed by atoms with E-state index in [0.717, 1.165) is 62.9 Å². The minimum atomic E-state index is -4.54. The minimum absolute atomic E-state index is 0.0355. The van der Waals surface area contributed by atoms with E-state index >= 15 is 0 Å². The Bertz CT molecular complexity index is 1180. The van der Waals surface area contributed by atoms with Crippen molar-refractivity contribution in [3.63, 3.8) is 0 Å². The number of rotatable bonds is 7. The van der Waals surface area contributed by atoms with E-state index in [9.17, 15) is 27.6 Å². The molecule has 2 aromatic rings. The van der Waals surface area contributed by atoms with E-state index in [2.05, 4.69) is 20.5 Å². The number of hydrogen-bond acceptors (Lipinski definition) is 5. The molecule has 1 atom stereocenters. The number of nitrogens with zero attached hydrogens (tertiary/aromatic N) is 3. The predicted molar refractivity (Wildman–Crippen MR) is 139 cm³/mol. The Morgan fingerprint density at radius 2 is 1.79 bits per heavy atom. The Morgan fingerprint density at radius 1 is 1.05 bits per heavy atom. The highest BCUT2D eigenvalue weighted by molar-refractivity contribution is 5.96. The third-order valence-corrected chi connectivity index (χ3v) is 7.54. The van der Waals surface area contributed by atoms with Crippen molar-refractivity contribution in [3.8, 4) is 0 Å². The van der Waals surface area contributed by atoms with Crippen LogP contribution in [0.2, 0.25) is 0 Å². The maximum Gasteiger partial charge on any atom is 0.416 e. The van der Waals surface area contributed by atoms with Gasteiger partial charge in [-0.05, 0) is 67.9 Å². The largest absolute Gasteiger partial charge is 0.416 e. The second-order valence-electron chi connectivity index (χ2n) is 10.5. The van der Waals surface area contributed by atoms with Crippen LogP contribution < -0.4 is 10.6 Å². The molecule has 3 amide bonds. The molecule has 1 aromatic carbocycles. The molecule has 0 radical (unpaired) electrons. The molecule has 1 aliphatic carbocycles. The van der Waals surface area contributed by atoms with Gasteiger partial charge < -0.3 is 15.5 Å². The molecule has 2 aliphatic rings. The van der Waals surface area contributed by atoms with E-state index in [4.69, 9.17) is 0 Å². The number of carbonyl (C=O) groups is 3. The monoisotopic (exact) mass is 545 g/mol. The first-order chi connectivity index (χ1) is 18.5. The van der Waals surface area contributed by atoms with Crippen molar-refractivity contribution < 1.29 is 27.6 Å². The lowest BCUT2D eigenvalue weighted by Crippen LogP contribution is -2.44. The fraction of sp³-hybridized carbons (Fsp3) is 0.500. The van der Waals surface area contributed by atoms with Gasteiger partial charge in [0.2, 0.25) is 5.91 Å². The van der Waals surface area contributed by atoms with Gasteiger partial charge in [-0.2, -0.15) is 13.2 Å². The minimum Gasteiger partial charge on any atom is -0.350 e. The SMILES string of the molecule is CN(C)C(=O)c1ccc(C2CCC(N3CC[C@@H](NC(=O)CNC(=O)c4cccc(C(F)(F)F)c4)C3)CC2)cn1. The Labute approximate surface area is 226 Å². The highest BCUT2D eigenvalue weighted by Crippen LogP contribution is 2.35. The Balaban J connectivity index is 1.19. The third kappa shape index (κ3) is 7.35. The first kappa shape index (κ1) is 28.5. The average Bonchev–Trinajstić information content (AvgIpc) is 3.39. The van der Waals surface area contributed by atoms with E-state index in [0.29, 0.717) is 17.7 Å². The summed E-state index contributed by atoms with van der Waals surface area (Å²) >= 11 is 0. The van der Waals surface area contributed by atoms with Crippen LogP contribution >= 0.6 is 0 Å². The number of aromatic nitrogens is 1. The summed E-state index contributed by atoms with van der Waals surface area (Å²) in [6.07, 6.45) is 2.21. The van der Waals surface area contributed by atoms with Crippen LogP contribution in [0.3, 0.4) is 0 Å². The molecule has 1 saturated carbocycles. The third-order valence-electron chi connectivity index (χ3n) is 7.54. The summed E-state index contributed by atoms with van der Waals surface area (Å²) in [4.78, 5) is 45.0. The van der Waals surface area contributed by atoms with Crippen LogP contribution in [-0.2, 0) is 11.0 Å². The zero-order valence-electron chi connectivity index (χ0n) is 22.1. The maximum atomic E-state index is 12.9. The standard InChI is InChI=1S/C28H34F3N5O3/c1-35(2)27(39)24-11-8-20(15-32-24)18-6-9-23(10-7-18)36-13-12-22(17-36)34-25(37)16-33-26(38)19-4-3-5-21(14-19)28(29,30)31/h3-5,8,11,14-15,18,22-23H,6-7,9-10,12-13,16-17H2,1-2H3,(H,33,38)(H,34,37)/t18?,22-,23?/m1/s1. The van der Waals surface area contributed by atoms with E-state index in [1.54, 1.807) is 20.2 Å². The number of likely N-dealkylation sites (tertiary alicyclic amines) is 1. The van der Waals surface area contributed by atoms with Crippen LogP contribution in [0.25, 0.3) is 0 Å². The number of benzene rings is 1. The molecule has 0 spiro atoms. The Morgan fingerprint density at radius 3 is 2.44 bits per heavy atom. The van der Waals surface area contributed by atoms with E-state index < -0.39 is 17.6 Å². The molecule has 4 rings (SSSR count). The summed E-state index contributed by atoms with van der Waals surface area (Å²) in [6.45, 7) is 1.30.